The van der Waals surface area contributed by atoms with Crippen molar-refractivity contribution in [2.24, 2.45) is 0 Å². The number of nitrogens with one attached hydrogen (secondary N) is 1. The van der Waals surface area contributed by atoms with Crippen LogP contribution in [0.1, 0.15) is 54.3 Å². The monoisotopic (exact) mass is 621 g/mol. The molecule has 47 heavy (non-hydrogen) atoms. The van der Waals surface area contributed by atoms with Gasteiger partial charge in [0.25, 0.3) is 11.5 Å². The molecular formula is C37H31N7O3. The van der Waals surface area contributed by atoms with Crippen molar-refractivity contribution in [3.63, 3.8) is 0 Å². The van der Waals surface area contributed by atoms with Crippen LogP contribution in [0.25, 0.3) is 27.8 Å². The van der Waals surface area contributed by atoms with Crippen molar-refractivity contribution in [3.8, 4) is 34.5 Å². The molecule has 0 spiro atoms. The fraction of sp³-hybridized carbons (Fsp3) is 0.135. The molecule has 0 fully saturated rings. The molecule has 0 bridgehead atoms. The molecule has 1 amide bonds. The van der Waals surface area contributed by atoms with E-state index in [4.69, 9.17) is 15.5 Å². The minimum atomic E-state index is -0.733. The van der Waals surface area contributed by atoms with E-state index in [9.17, 15) is 9.59 Å². The number of nitrogen functional groups attached to an aromatic ring is 1. The number of nitrogens with zero attached hydrogens (tertiary/aromatic N) is 5. The number of para-hydroxylation sites is 1. The van der Waals surface area contributed by atoms with E-state index in [1.807, 2.05) is 68.4 Å². The second kappa shape index (κ2) is 13.3. The first-order chi connectivity index (χ1) is 22.8. The number of fused-ring (bicyclic) bond motifs is 1. The summed E-state index contributed by atoms with van der Waals surface area (Å²) in [6.07, 6.45) is 4.88. The summed E-state index contributed by atoms with van der Waals surface area (Å²) in [6.45, 7) is 5.66. The second-order valence-electron chi connectivity index (χ2n) is 11.0. The Kier molecular flexibility index (Phi) is 8.71. The van der Waals surface area contributed by atoms with E-state index in [1.54, 1.807) is 49.6 Å². The lowest BCUT2D eigenvalue weighted by Gasteiger charge is -2.20. The lowest BCUT2D eigenvalue weighted by molar-refractivity contribution is 0.0933. The highest BCUT2D eigenvalue weighted by Gasteiger charge is 2.23. The van der Waals surface area contributed by atoms with E-state index < -0.39 is 11.9 Å². The standard InChI is InChI=1S/C37H31N7O3/c1-23(2)47-29-16-14-26(15-17-29)31-22-40-34(38)33(42-31)36(45)41-24(3)35-43-30-11-7-8-27(13-12-25-18-20-39-21-19-25)32(30)37(46)44(35)28-9-5-4-6-10-28/h4-11,14-24H,1-3H3,(H2,38,40)(H,41,45). The zero-order chi connectivity index (χ0) is 32.9. The Labute approximate surface area is 271 Å². The van der Waals surface area contributed by atoms with Gasteiger partial charge in [-0.2, -0.15) is 0 Å². The summed E-state index contributed by atoms with van der Waals surface area (Å²) in [6, 6.07) is 24.7. The molecule has 0 saturated carbocycles. The highest BCUT2D eigenvalue weighted by atomic mass is 16.5. The predicted molar refractivity (Wildman–Crippen MR) is 181 cm³/mol. The van der Waals surface area contributed by atoms with Crippen molar-refractivity contribution >= 4 is 22.6 Å². The van der Waals surface area contributed by atoms with Gasteiger partial charge in [0.2, 0.25) is 0 Å². The van der Waals surface area contributed by atoms with Gasteiger partial charge in [0, 0.05) is 29.1 Å². The van der Waals surface area contributed by atoms with E-state index in [0.29, 0.717) is 33.7 Å². The van der Waals surface area contributed by atoms with Gasteiger partial charge in [0.15, 0.2) is 11.5 Å². The Morgan fingerprint density at radius 3 is 2.36 bits per heavy atom. The molecule has 0 aliphatic heterocycles. The maximum atomic E-state index is 14.3. The minimum Gasteiger partial charge on any atom is -0.491 e. The molecule has 6 aromatic rings. The number of anilines is 1. The average Bonchev–Trinajstić information content (AvgIpc) is 3.08. The average molecular weight is 622 g/mol. The van der Waals surface area contributed by atoms with E-state index >= 15 is 0 Å². The van der Waals surface area contributed by atoms with Crippen LogP contribution < -0.4 is 21.3 Å². The molecule has 10 nitrogen and oxygen atoms in total. The predicted octanol–water partition coefficient (Wildman–Crippen LogP) is 5.50. The molecule has 0 radical (unpaired) electrons. The summed E-state index contributed by atoms with van der Waals surface area (Å²) >= 11 is 0. The van der Waals surface area contributed by atoms with Gasteiger partial charge < -0.3 is 15.8 Å². The summed E-state index contributed by atoms with van der Waals surface area (Å²) in [5.74, 6) is 6.68. The summed E-state index contributed by atoms with van der Waals surface area (Å²) in [5.41, 5.74) is 9.33. The smallest absolute Gasteiger partial charge is 0.274 e. The maximum absolute atomic E-state index is 14.3. The van der Waals surface area contributed by atoms with Crippen LogP contribution in [-0.2, 0) is 0 Å². The van der Waals surface area contributed by atoms with Crippen molar-refractivity contribution in [2.75, 3.05) is 5.73 Å². The number of pyridine rings is 1. The molecule has 3 heterocycles. The van der Waals surface area contributed by atoms with E-state index in [-0.39, 0.29) is 23.2 Å². The third-order valence-corrected chi connectivity index (χ3v) is 7.23. The number of ether oxygens (including phenoxy) is 1. The zero-order valence-corrected chi connectivity index (χ0v) is 26.0. The van der Waals surface area contributed by atoms with Gasteiger partial charge in [-0.15, -0.1) is 0 Å². The summed E-state index contributed by atoms with van der Waals surface area (Å²) in [4.78, 5) is 45.6. The van der Waals surface area contributed by atoms with Crippen molar-refractivity contribution in [2.45, 2.75) is 32.9 Å². The van der Waals surface area contributed by atoms with Crippen LogP contribution >= 0.6 is 0 Å². The molecule has 0 aliphatic carbocycles. The van der Waals surface area contributed by atoms with Gasteiger partial charge in [0.05, 0.1) is 40.6 Å². The van der Waals surface area contributed by atoms with E-state index in [2.05, 4.69) is 32.1 Å². The molecule has 1 atom stereocenters. The lowest BCUT2D eigenvalue weighted by atomic mass is 10.1. The van der Waals surface area contributed by atoms with Gasteiger partial charge in [-0.25, -0.2) is 15.0 Å². The highest BCUT2D eigenvalue weighted by Crippen LogP contribution is 2.24. The second-order valence-corrected chi connectivity index (χ2v) is 11.0. The molecule has 0 saturated heterocycles. The number of carbonyl (C=O) groups is 1. The molecule has 10 heteroatoms. The number of benzene rings is 3. The molecule has 3 aromatic carbocycles. The van der Waals surface area contributed by atoms with Crippen LogP contribution in [0.3, 0.4) is 0 Å². The number of hydrogen-bond donors (Lipinski definition) is 2. The van der Waals surface area contributed by atoms with Crippen molar-refractivity contribution in [1.82, 2.24) is 29.8 Å². The van der Waals surface area contributed by atoms with Crippen molar-refractivity contribution < 1.29 is 9.53 Å². The number of carbonyl (C=O) groups excluding carboxylic acids is 1. The Hall–Kier alpha value is -6.34. The zero-order valence-electron chi connectivity index (χ0n) is 26.0. The first-order valence-corrected chi connectivity index (χ1v) is 15.0. The summed E-state index contributed by atoms with van der Waals surface area (Å²) in [7, 11) is 0. The van der Waals surface area contributed by atoms with Crippen LogP contribution in [0.4, 0.5) is 5.82 Å². The van der Waals surface area contributed by atoms with Gasteiger partial charge in [-0.1, -0.05) is 36.1 Å². The number of amides is 1. The van der Waals surface area contributed by atoms with Crippen LogP contribution in [0.15, 0.2) is 108 Å². The van der Waals surface area contributed by atoms with Gasteiger partial charge in [-0.3, -0.25) is 19.1 Å². The normalized spacial score (nSPS) is 11.5. The fourth-order valence-electron chi connectivity index (χ4n) is 5.05. The topological polar surface area (TPSA) is 138 Å². The molecule has 1 unspecified atom stereocenters. The molecule has 232 valence electrons. The fourth-order valence-corrected chi connectivity index (χ4v) is 5.05. The van der Waals surface area contributed by atoms with Gasteiger partial charge in [-0.05, 0) is 81.4 Å². The molecule has 0 aliphatic rings. The van der Waals surface area contributed by atoms with Crippen LogP contribution in [0.5, 0.6) is 5.75 Å². The Morgan fingerprint density at radius 1 is 0.894 bits per heavy atom. The molecular weight excluding hydrogens is 590 g/mol. The first kappa shape index (κ1) is 30.7. The van der Waals surface area contributed by atoms with Crippen LogP contribution in [-0.4, -0.2) is 36.5 Å². The number of aromatic nitrogens is 5. The maximum Gasteiger partial charge on any atom is 0.274 e. The molecule has 6 rings (SSSR count). The largest absolute Gasteiger partial charge is 0.491 e. The Bertz CT molecular complexity index is 2190. The number of rotatable bonds is 7. The number of hydrogen-bond acceptors (Lipinski definition) is 8. The summed E-state index contributed by atoms with van der Waals surface area (Å²) < 4.78 is 7.22. The van der Waals surface area contributed by atoms with E-state index in [0.717, 1.165) is 16.9 Å². The van der Waals surface area contributed by atoms with Crippen LogP contribution in [0.2, 0.25) is 0 Å². The third-order valence-electron chi connectivity index (χ3n) is 7.23. The molecule has 3 N–H and O–H groups in total. The minimum absolute atomic E-state index is 0.0254. The third kappa shape index (κ3) is 6.70. The van der Waals surface area contributed by atoms with Crippen molar-refractivity contribution in [1.29, 1.82) is 0 Å². The lowest BCUT2D eigenvalue weighted by Crippen LogP contribution is -2.34. The van der Waals surface area contributed by atoms with Gasteiger partial charge >= 0.3 is 0 Å². The first-order valence-electron chi connectivity index (χ1n) is 15.0. The Morgan fingerprint density at radius 2 is 1.64 bits per heavy atom. The van der Waals surface area contributed by atoms with Crippen molar-refractivity contribution in [3.05, 3.63) is 137 Å². The quantitative estimate of drug-likeness (QED) is 0.223. The molecule has 3 aromatic heterocycles. The highest BCUT2D eigenvalue weighted by molar-refractivity contribution is 5.97. The number of nitrogens with two attached hydrogens (primary N) is 1. The Balaban J connectivity index is 1.37. The van der Waals surface area contributed by atoms with Crippen LogP contribution in [0, 0.1) is 11.8 Å². The summed E-state index contributed by atoms with van der Waals surface area (Å²) in [5, 5.41) is 3.30. The SMILES string of the molecule is CC(C)Oc1ccc(-c2cnc(N)c(C(=O)NC(C)c3nc4cccc(C#Cc5ccncc5)c4c(=O)n3-c3ccccc3)n2)cc1. The van der Waals surface area contributed by atoms with Gasteiger partial charge in [0.1, 0.15) is 11.6 Å². The van der Waals surface area contributed by atoms with E-state index in [1.165, 1.54) is 10.8 Å².